The molecule has 0 radical (unpaired) electrons. The molecule has 2 fully saturated rings. The van der Waals surface area contributed by atoms with Crippen molar-refractivity contribution in [2.45, 2.75) is 58.8 Å². The number of likely N-dealkylation sites (tertiary alicyclic amines) is 1. The molecule has 0 unspecified atom stereocenters. The van der Waals surface area contributed by atoms with Crippen LogP contribution in [0.5, 0.6) is 0 Å². The van der Waals surface area contributed by atoms with Crippen molar-refractivity contribution in [3.05, 3.63) is 51.6 Å². The number of aryl methyl sites for hydroxylation is 3. The van der Waals surface area contributed by atoms with Crippen molar-refractivity contribution in [2.75, 3.05) is 26.3 Å². The fourth-order valence-electron chi connectivity index (χ4n) is 5.12. The van der Waals surface area contributed by atoms with Crippen molar-refractivity contribution in [1.82, 2.24) is 24.5 Å². The second-order valence-electron chi connectivity index (χ2n) is 9.25. The van der Waals surface area contributed by atoms with E-state index in [4.69, 9.17) is 9.47 Å². The van der Waals surface area contributed by atoms with Crippen LogP contribution in [0.4, 0.5) is 0 Å². The molecule has 34 heavy (non-hydrogen) atoms. The zero-order chi connectivity index (χ0) is 24.0. The van der Waals surface area contributed by atoms with E-state index >= 15 is 0 Å². The fraction of sp³-hybridized carbons (Fsp3) is 0.520. The number of hydrogen-bond donors (Lipinski definition) is 0. The van der Waals surface area contributed by atoms with Crippen molar-refractivity contribution in [3.8, 4) is 5.69 Å². The zero-order valence-corrected chi connectivity index (χ0v) is 20.2. The van der Waals surface area contributed by atoms with E-state index in [1.54, 1.807) is 9.58 Å². The first kappa shape index (κ1) is 22.7. The van der Waals surface area contributed by atoms with Gasteiger partial charge in [-0.3, -0.25) is 9.59 Å². The predicted octanol–water partition coefficient (Wildman–Crippen LogP) is 2.82. The van der Waals surface area contributed by atoms with Crippen molar-refractivity contribution in [2.24, 2.45) is 0 Å². The van der Waals surface area contributed by atoms with Gasteiger partial charge in [-0.25, -0.2) is 9.36 Å². The van der Waals surface area contributed by atoms with Gasteiger partial charge in [-0.05, 0) is 39.3 Å². The Hall–Kier alpha value is -3.04. The minimum Gasteiger partial charge on any atom is -0.347 e. The SMILES string of the molecule is CC[C@H](C(=O)N1CCC2(CC1)OCCO2)n1nc(C)c2c(C)n(-c3ccc(C)cc3)nc2c1=O. The number of hydrogen-bond acceptors (Lipinski definition) is 6. The van der Waals surface area contributed by atoms with E-state index < -0.39 is 11.8 Å². The Labute approximate surface area is 198 Å². The Balaban J connectivity index is 1.48. The van der Waals surface area contributed by atoms with Crippen LogP contribution in [0.3, 0.4) is 0 Å². The molecule has 1 aromatic carbocycles. The van der Waals surface area contributed by atoms with Crippen molar-refractivity contribution in [1.29, 1.82) is 0 Å². The summed E-state index contributed by atoms with van der Waals surface area (Å²) in [5, 5.41) is 9.99. The molecule has 2 aromatic heterocycles. The third-order valence-corrected chi connectivity index (χ3v) is 7.04. The van der Waals surface area contributed by atoms with Crippen LogP contribution in [0.2, 0.25) is 0 Å². The van der Waals surface area contributed by atoms with Gasteiger partial charge in [0.25, 0.3) is 5.56 Å². The molecule has 1 atom stereocenters. The molecule has 1 amide bonds. The number of nitrogens with zero attached hydrogens (tertiary/aromatic N) is 5. The Bertz CT molecular complexity index is 1280. The molecule has 0 N–H and O–H groups in total. The summed E-state index contributed by atoms with van der Waals surface area (Å²) in [4.78, 5) is 28.8. The monoisotopic (exact) mass is 465 g/mol. The van der Waals surface area contributed by atoms with Crippen LogP contribution in [0.15, 0.2) is 29.1 Å². The molecule has 2 aliphatic heterocycles. The largest absolute Gasteiger partial charge is 0.347 e. The first-order valence-corrected chi connectivity index (χ1v) is 12.0. The van der Waals surface area contributed by atoms with Crippen LogP contribution in [0.25, 0.3) is 16.6 Å². The first-order valence-electron chi connectivity index (χ1n) is 12.0. The number of rotatable bonds is 4. The molecular formula is C25H31N5O4. The standard InChI is InChI=1S/C25H31N5O4/c1-5-20(23(31)28-12-10-25(11-13-28)33-14-15-34-25)30-24(32)22-21(17(3)26-30)18(4)29(27-22)19-8-6-16(2)7-9-19/h6-9,20H,5,10-15H2,1-4H3/t20-/m1/s1. The van der Waals surface area contributed by atoms with Gasteiger partial charge in [0.2, 0.25) is 5.91 Å². The van der Waals surface area contributed by atoms with Gasteiger partial charge in [0.05, 0.1) is 35.7 Å². The molecule has 4 heterocycles. The lowest BCUT2D eigenvalue weighted by Gasteiger charge is -2.38. The maximum Gasteiger partial charge on any atom is 0.295 e. The lowest BCUT2D eigenvalue weighted by Crippen LogP contribution is -2.50. The van der Waals surface area contributed by atoms with Gasteiger partial charge in [0.15, 0.2) is 11.3 Å². The highest BCUT2D eigenvalue weighted by molar-refractivity contribution is 5.84. The molecule has 3 aromatic rings. The van der Waals surface area contributed by atoms with E-state index in [0.717, 1.165) is 22.3 Å². The van der Waals surface area contributed by atoms with Gasteiger partial charge in [0.1, 0.15) is 6.04 Å². The summed E-state index contributed by atoms with van der Waals surface area (Å²) in [7, 11) is 0. The second kappa shape index (κ2) is 8.63. The van der Waals surface area contributed by atoms with Crippen molar-refractivity contribution in [3.63, 3.8) is 0 Å². The Morgan fingerprint density at radius 3 is 2.32 bits per heavy atom. The summed E-state index contributed by atoms with van der Waals surface area (Å²) in [5.74, 6) is -0.651. The lowest BCUT2D eigenvalue weighted by atomic mass is 10.0. The topological polar surface area (TPSA) is 91.5 Å². The molecule has 9 heteroatoms. The van der Waals surface area contributed by atoms with Gasteiger partial charge in [-0.15, -0.1) is 0 Å². The highest BCUT2D eigenvalue weighted by Crippen LogP contribution is 2.32. The van der Waals surface area contributed by atoms with Crippen LogP contribution in [-0.4, -0.2) is 62.5 Å². The number of ether oxygens (including phenoxy) is 2. The zero-order valence-electron chi connectivity index (χ0n) is 20.2. The van der Waals surface area contributed by atoms with E-state index in [9.17, 15) is 9.59 Å². The van der Waals surface area contributed by atoms with Gasteiger partial charge in [-0.2, -0.15) is 10.2 Å². The summed E-state index contributed by atoms with van der Waals surface area (Å²) >= 11 is 0. The highest BCUT2D eigenvalue weighted by atomic mass is 16.7. The average Bonchev–Trinajstić information content (AvgIpc) is 3.43. The fourth-order valence-corrected chi connectivity index (χ4v) is 5.12. The predicted molar refractivity (Wildman–Crippen MR) is 127 cm³/mol. The minimum atomic E-state index is -0.681. The van der Waals surface area contributed by atoms with Gasteiger partial charge in [0, 0.05) is 25.9 Å². The van der Waals surface area contributed by atoms with Crippen LogP contribution in [0.1, 0.15) is 49.2 Å². The normalized spacial score (nSPS) is 18.6. The van der Waals surface area contributed by atoms with Gasteiger partial charge in [-0.1, -0.05) is 24.6 Å². The maximum atomic E-state index is 13.5. The number of carbonyl (C=O) groups is 1. The quantitative estimate of drug-likeness (QED) is 0.589. The van der Waals surface area contributed by atoms with Crippen LogP contribution in [0, 0.1) is 20.8 Å². The van der Waals surface area contributed by atoms with Crippen LogP contribution < -0.4 is 5.56 Å². The molecule has 2 saturated heterocycles. The third kappa shape index (κ3) is 3.73. The molecule has 0 aliphatic carbocycles. The number of aromatic nitrogens is 4. The smallest absolute Gasteiger partial charge is 0.295 e. The van der Waals surface area contributed by atoms with E-state index in [1.165, 1.54) is 4.68 Å². The summed E-state index contributed by atoms with van der Waals surface area (Å²) in [5.41, 5.74) is 3.56. The molecule has 9 nitrogen and oxygen atoms in total. The molecule has 180 valence electrons. The number of piperidine rings is 1. The molecule has 1 spiro atoms. The Morgan fingerprint density at radius 1 is 1.06 bits per heavy atom. The summed E-state index contributed by atoms with van der Waals surface area (Å²) in [6.07, 6.45) is 1.73. The Kier molecular flexibility index (Phi) is 5.77. The molecule has 5 rings (SSSR count). The first-order chi connectivity index (χ1) is 16.3. The number of fused-ring (bicyclic) bond motifs is 1. The van der Waals surface area contributed by atoms with E-state index in [1.807, 2.05) is 52.0 Å². The molecule has 0 saturated carbocycles. The van der Waals surface area contributed by atoms with Crippen LogP contribution in [-0.2, 0) is 14.3 Å². The lowest BCUT2D eigenvalue weighted by molar-refractivity contribution is -0.188. The van der Waals surface area contributed by atoms with E-state index in [2.05, 4.69) is 10.2 Å². The highest BCUT2D eigenvalue weighted by Gasteiger charge is 2.42. The van der Waals surface area contributed by atoms with E-state index in [0.29, 0.717) is 56.8 Å². The average molecular weight is 466 g/mol. The summed E-state index contributed by atoms with van der Waals surface area (Å²) in [6, 6.07) is 7.31. The van der Waals surface area contributed by atoms with E-state index in [-0.39, 0.29) is 11.5 Å². The number of amides is 1. The number of benzene rings is 1. The Morgan fingerprint density at radius 2 is 1.71 bits per heavy atom. The molecular weight excluding hydrogens is 434 g/mol. The second-order valence-corrected chi connectivity index (χ2v) is 9.25. The van der Waals surface area contributed by atoms with Gasteiger partial charge >= 0.3 is 0 Å². The molecule has 2 aliphatic rings. The summed E-state index contributed by atoms with van der Waals surface area (Å²) < 4.78 is 14.7. The van der Waals surface area contributed by atoms with Crippen LogP contribution >= 0.6 is 0 Å². The number of carbonyl (C=O) groups excluding carboxylic acids is 1. The van der Waals surface area contributed by atoms with Crippen molar-refractivity contribution >= 4 is 16.8 Å². The minimum absolute atomic E-state index is 0.0987. The maximum absolute atomic E-state index is 13.5. The third-order valence-electron chi connectivity index (χ3n) is 7.04. The van der Waals surface area contributed by atoms with Crippen molar-refractivity contribution < 1.29 is 14.3 Å². The van der Waals surface area contributed by atoms with Gasteiger partial charge < -0.3 is 14.4 Å². The summed E-state index contributed by atoms with van der Waals surface area (Å²) in [6.45, 7) is 9.99. The molecule has 0 bridgehead atoms.